The van der Waals surface area contributed by atoms with Crippen LogP contribution in [0.1, 0.15) is 0 Å². The van der Waals surface area contributed by atoms with Crippen LogP contribution in [0.25, 0.3) is 22.4 Å². The highest BCUT2D eigenvalue weighted by Gasteiger charge is 2.07. The molecule has 5 nitrogen and oxygen atoms in total. The Balaban J connectivity index is 2.24. The first-order chi connectivity index (χ1) is 8.74. The number of aromatic nitrogens is 2. The predicted molar refractivity (Wildman–Crippen MR) is 65.2 cm³/mol. The second-order valence-electron chi connectivity index (χ2n) is 3.76. The number of nitrogens with zero attached hydrogens (tertiary/aromatic N) is 2. The summed E-state index contributed by atoms with van der Waals surface area (Å²) in [5.41, 5.74) is 1.08. The molecule has 0 aliphatic rings. The SMILES string of the molecule is O=c1cc(-c2ccc(O)cc2)oc2cncnc12. The number of phenolic OH excluding ortho intramolecular Hbond substituents is 1. The third-order valence-electron chi connectivity index (χ3n) is 2.55. The maximum atomic E-state index is 11.8. The van der Waals surface area contributed by atoms with Crippen LogP contribution >= 0.6 is 0 Å². The van der Waals surface area contributed by atoms with Crippen molar-refractivity contribution in [3.05, 3.63) is 53.1 Å². The maximum Gasteiger partial charge on any atom is 0.211 e. The molecule has 18 heavy (non-hydrogen) atoms. The molecule has 0 saturated carbocycles. The monoisotopic (exact) mass is 240 g/mol. The second kappa shape index (κ2) is 3.96. The molecule has 0 amide bonds. The minimum atomic E-state index is -0.221. The topological polar surface area (TPSA) is 76.2 Å². The van der Waals surface area contributed by atoms with Gasteiger partial charge in [-0.2, -0.15) is 0 Å². The molecule has 2 aromatic heterocycles. The summed E-state index contributed by atoms with van der Waals surface area (Å²) in [6.07, 6.45) is 2.76. The van der Waals surface area contributed by atoms with Crippen molar-refractivity contribution >= 4 is 11.1 Å². The molecule has 0 fully saturated rings. The summed E-state index contributed by atoms with van der Waals surface area (Å²) in [5.74, 6) is 0.576. The number of hydrogen-bond acceptors (Lipinski definition) is 5. The van der Waals surface area contributed by atoms with Gasteiger partial charge in [0.15, 0.2) is 11.1 Å². The van der Waals surface area contributed by atoms with E-state index in [-0.39, 0.29) is 16.7 Å². The quantitative estimate of drug-likeness (QED) is 0.703. The van der Waals surface area contributed by atoms with Crippen molar-refractivity contribution in [1.82, 2.24) is 9.97 Å². The van der Waals surface area contributed by atoms with Crippen molar-refractivity contribution in [2.75, 3.05) is 0 Å². The van der Waals surface area contributed by atoms with E-state index in [4.69, 9.17) is 4.42 Å². The third kappa shape index (κ3) is 1.71. The van der Waals surface area contributed by atoms with E-state index in [1.807, 2.05) is 0 Å². The fourth-order valence-corrected chi connectivity index (χ4v) is 1.68. The number of phenols is 1. The molecular weight excluding hydrogens is 232 g/mol. The number of benzene rings is 1. The minimum Gasteiger partial charge on any atom is -0.508 e. The van der Waals surface area contributed by atoms with Crippen molar-refractivity contribution in [2.45, 2.75) is 0 Å². The molecule has 2 heterocycles. The van der Waals surface area contributed by atoms with Gasteiger partial charge in [-0.25, -0.2) is 9.97 Å². The van der Waals surface area contributed by atoms with Gasteiger partial charge in [0.1, 0.15) is 17.8 Å². The van der Waals surface area contributed by atoms with Crippen LogP contribution in [0.2, 0.25) is 0 Å². The fraction of sp³-hybridized carbons (Fsp3) is 0. The van der Waals surface area contributed by atoms with Crippen LogP contribution < -0.4 is 5.43 Å². The zero-order valence-corrected chi connectivity index (χ0v) is 9.20. The van der Waals surface area contributed by atoms with Crippen LogP contribution in [-0.2, 0) is 0 Å². The van der Waals surface area contributed by atoms with Crippen molar-refractivity contribution in [3.8, 4) is 17.1 Å². The zero-order chi connectivity index (χ0) is 12.5. The number of aromatic hydroxyl groups is 1. The summed E-state index contributed by atoms with van der Waals surface area (Å²) in [7, 11) is 0. The van der Waals surface area contributed by atoms with Gasteiger partial charge < -0.3 is 9.52 Å². The van der Waals surface area contributed by atoms with E-state index in [9.17, 15) is 9.90 Å². The molecule has 0 radical (unpaired) electrons. The first kappa shape index (κ1) is 10.5. The molecule has 3 aromatic rings. The molecular formula is C13H8N2O3. The van der Waals surface area contributed by atoms with Gasteiger partial charge in [0.2, 0.25) is 5.43 Å². The maximum absolute atomic E-state index is 11.8. The van der Waals surface area contributed by atoms with E-state index in [0.29, 0.717) is 16.9 Å². The summed E-state index contributed by atoms with van der Waals surface area (Å²) in [6, 6.07) is 7.77. The molecule has 0 aliphatic heterocycles. The van der Waals surface area contributed by atoms with E-state index in [2.05, 4.69) is 9.97 Å². The molecule has 0 bridgehead atoms. The molecule has 0 atom stereocenters. The first-order valence-corrected chi connectivity index (χ1v) is 5.27. The van der Waals surface area contributed by atoms with Gasteiger partial charge in [0.05, 0.1) is 6.20 Å². The Labute approximate surface area is 101 Å². The van der Waals surface area contributed by atoms with Gasteiger partial charge in [-0.05, 0) is 24.3 Å². The molecule has 3 rings (SSSR count). The van der Waals surface area contributed by atoms with Gasteiger partial charge in [0, 0.05) is 11.6 Å². The number of hydrogen-bond donors (Lipinski definition) is 1. The standard InChI is InChI=1S/C13H8N2O3/c16-9-3-1-8(2-4-9)11-5-10(17)13-12(18-11)6-14-7-15-13/h1-7,16H. The lowest BCUT2D eigenvalue weighted by Gasteiger charge is -2.02. The van der Waals surface area contributed by atoms with Crippen LogP contribution in [0.4, 0.5) is 0 Å². The van der Waals surface area contributed by atoms with E-state index >= 15 is 0 Å². The Bertz CT molecular complexity index is 763. The highest BCUT2D eigenvalue weighted by atomic mass is 16.3. The fourth-order valence-electron chi connectivity index (χ4n) is 1.68. The van der Waals surface area contributed by atoms with Gasteiger partial charge >= 0.3 is 0 Å². The van der Waals surface area contributed by atoms with E-state index < -0.39 is 0 Å². The molecule has 1 N–H and O–H groups in total. The van der Waals surface area contributed by atoms with Gasteiger partial charge in [-0.3, -0.25) is 4.79 Å². The lowest BCUT2D eigenvalue weighted by atomic mass is 10.1. The minimum absolute atomic E-state index is 0.158. The molecule has 0 saturated heterocycles. The number of fused-ring (bicyclic) bond motifs is 1. The summed E-state index contributed by atoms with van der Waals surface area (Å²) in [6.45, 7) is 0. The van der Waals surface area contributed by atoms with E-state index in [1.165, 1.54) is 30.7 Å². The van der Waals surface area contributed by atoms with E-state index in [1.54, 1.807) is 12.1 Å². The van der Waals surface area contributed by atoms with Gasteiger partial charge in [-0.1, -0.05) is 0 Å². The van der Waals surface area contributed by atoms with Gasteiger partial charge in [-0.15, -0.1) is 0 Å². The van der Waals surface area contributed by atoms with Crippen molar-refractivity contribution < 1.29 is 9.52 Å². The molecule has 0 spiro atoms. The van der Waals surface area contributed by atoms with Crippen molar-refractivity contribution in [1.29, 1.82) is 0 Å². The van der Waals surface area contributed by atoms with E-state index in [0.717, 1.165) is 0 Å². The highest BCUT2D eigenvalue weighted by Crippen LogP contribution is 2.22. The Kier molecular flexibility index (Phi) is 2.30. The average molecular weight is 240 g/mol. The molecule has 5 heteroatoms. The lowest BCUT2D eigenvalue weighted by molar-refractivity contribution is 0.475. The summed E-state index contributed by atoms with van der Waals surface area (Å²) in [4.78, 5) is 19.5. The summed E-state index contributed by atoms with van der Waals surface area (Å²) in [5, 5.41) is 9.22. The summed E-state index contributed by atoms with van der Waals surface area (Å²) >= 11 is 0. The zero-order valence-electron chi connectivity index (χ0n) is 9.20. The Morgan fingerprint density at radius 1 is 1.17 bits per heavy atom. The third-order valence-corrected chi connectivity index (χ3v) is 2.55. The van der Waals surface area contributed by atoms with Crippen LogP contribution in [0.5, 0.6) is 5.75 Å². The average Bonchev–Trinajstić information content (AvgIpc) is 2.39. The largest absolute Gasteiger partial charge is 0.508 e. The van der Waals surface area contributed by atoms with Crippen molar-refractivity contribution in [2.24, 2.45) is 0 Å². The Morgan fingerprint density at radius 3 is 2.72 bits per heavy atom. The number of rotatable bonds is 1. The molecule has 88 valence electrons. The van der Waals surface area contributed by atoms with Gasteiger partial charge in [0.25, 0.3) is 0 Å². The Morgan fingerprint density at radius 2 is 1.94 bits per heavy atom. The lowest BCUT2D eigenvalue weighted by Crippen LogP contribution is -2.02. The van der Waals surface area contributed by atoms with Crippen LogP contribution in [0.15, 0.2) is 52.1 Å². The second-order valence-corrected chi connectivity index (χ2v) is 3.76. The summed E-state index contributed by atoms with van der Waals surface area (Å²) < 4.78 is 5.56. The van der Waals surface area contributed by atoms with Crippen LogP contribution in [0, 0.1) is 0 Å². The first-order valence-electron chi connectivity index (χ1n) is 5.27. The van der Waals surface area contributed by atoms with Crippen molar-refractivity contribution in [3.63, 3.8) is 0 Å². The van der Waals surface area contributed by atoms with Crippen LogP contribution in [-0.4, -0.2) is 15.1 Å². The molecule has 1 aromatic carbocycles. The van der Waals surface area contributed by atoms with Crippen LogP contribution in [0.3, 0.4) is 0 Å². The molecule has 0 unspecified atom stereocenters. The highest BCUT2D eigenvalue weighted by molar-refractivity contribution is 5.73. The normalized spacial score (nSPS) is 10.7. The smallest absolute Gasteiger partial charge is 0.211 e. The predicted octanol–water partition coefficient (Wildman–Crippen LogP) is 1.96. The molecule has 0 aliphatic carbocycles. The Hall–Kier alpha value is -2.69.